The highest BCUT2D eigenvalue weighted by Crippen LogP contribution is 2.27. The fraction of sp³-hybridized carbons (Fsp3) is 0.286. The van der Waals surface area contributed by atoms with Crippen LogP contribution in [0.3, 0.4) is 0 Å². The number of H-pyrrole nitrogens is 1. The minimum atomic E-state index is -0.448. The van der Waals surface area contributed by atoms with Crippen LogP contribution in [-0.4, -0.2) is 58.9 Å². The van der Waals surface area contributed by atoms with Crippen molar-refractivity contribution in [2.75, 3.05) is 33.3 Å². The van der Waals surface area contributed by atoms with Crippen molar-refractivity contribution in [3.05, 3.63) is 68.9 Å². The molecule has 1 N–H and O–H groups in total. The number of ether oxygens (including phenoxy) is 1. The average Bonchev–Trinajstić information content (AvgIpc) is 3.18. The molecule has 156 valence electrons. The Morgan fingerprint density at radius 3 is 2.67 bits per heavy atom. The van der Waals surface area contributed by atoms with E-state index in [2.05, 4.69) is 9.88 Å². The number of carbonyl (C=O) groups excluding carboxylic acids is 1. The highest BCUT2D eigenvalue weighted by Gasteiger charge is 2.25. The summed E-state index contributed by atoms with van der Waals surface area (Å²) in [5.41, 5.74) is 1.71. The molecule has 0 unspecified atom stereocenters. The van der Waals surface area contributed by atoms with E-state index in [1.807, 2.05) is 12.1 Å². The van der Waals surface area contributed by atoms with Gasteiger partial charge in [0.05, 0.1) is 12.0 Å². The van der Waals surface area contributed by atoms with Gasteiger partial charge in [0.1, 0.15) is 17.0 Å². The first-order valence-electron chi connectivity index (χ1n) is 9.56. The van der Waals surface area contributed by atoms with E-state index in [0.717, 1.165) is 11.3 Å². The first-order valence-corrected chi connectivity index (χ1v) is 9.94. The molecule has 0 atom stereocenters. The standard InChI is InChI=1S/C21H21ClN4O4/c1-30-19-6-5-16(22)11-15(19)13-24-7-9-25(10-8-24)21(27)17-12-14-3-2-4-18(26(28)29)20(14)23-17/h2-6,11-12,23H,7-10,13H2,1H3. The van der Waals surface area contributed by atoms with Crippen molar-refractivity contribution in [2.45, 2.75) is 6.54 Å². The summed E-state index contributed by atoms with van der Waals surface area (Å²) in [4.78, 5) is 30.6. The number of benzene rings is 2. The summed E-state index contributed by atoms with van der Waals surface area (Å²) in [7, 11) is 1.63. The van der Waals surface area contributed by atoms with Gasteiger partial charge in [0, 0.05) is 54.8 Å². The number of carbonyl (C=O) groups is 1. The van der Waals surface area contributed by atoms with E-state index in [-0.39, 0.29) is 11.6 Å². The van der Waals surface area contributed by atoms with Crippen LogP contribution < -0.4 is 4.74 Å². The molecule has 4 rings (SSSR count). The van der Waals surface area contributed by atoms with E-state index in [1.54, 1.807) is 36.3 Å². The van der Waals surface area contributed by atoms with E-state index in [9.17, 15) is 14.9 Å². The molecule has 0 bridgehead atoms. The molecule has 2 heterocycles. The van der Waals surface area contributed by atoms with Gasteiger partial charge in [-0.3, -0.25) is 19.8 Å². The van der Waals surface area contributed by atoms with E-state index in [1.165, 1.54) is 6.07 Å². The largest absolute Gasteiger partial charge is 0.496 e. The first-order chi connectivity index (χ1) is 14.5. The Bertz CT molecular complexity index is 1110. The van der Waals surface area contributed by atoms with Crippen LogP contribution in [0.5, 0.6) is 5.75 Å². The van der Waals surface area contributed by atoms with Crippen LogP contribution in [0.25, 0.3) is 10.9 Å². The van der Waals surface area contributed by atoms with Crippen molar-refractivity contribution >= 4 is 34.1 Å². The number of aromatic nitrogens is 1. The Kier molecular flexibility index (Phi) is 5.61. The normalized spacial score (nSPS) is 14.8. The predicted molar refractivity (Wildman–Crippen MR) is 114 cm³/mol. The number of hydrogen-bond donors (Lipinski definition) is 1. The number of aromatic amines is 1. The van der Waals surface area contributed by atoms with Crippen molar-refractivity contribution in [1.82, 2.24) is 14.8 Å². The van der Waals surface area contributed by atoms with Crippen LogP contribution in [-0.2, 0) is 6.54 Å². The fourth-order valence-electron chi connectivity index (χ4n) is 3.80. The van der Waals surface area contributed by atoms with Gasteiger partial charge in [-0.25, -0.2) is 0 Å². The summed E-state index contributed by atoms with van der Waals surface area (Å²) in [5.74, 6) is 0.637. The lowest BCUT2D eigenvalue weighted by atomic mass is 10.1. The highest BCUT2D eigenvalue weighted by molar-refractivity contribution is 6.30. The van der Waals surface area contributed by atoms with Crippen molar-refractivity contribution < 1.29 is 14.5 Å². The Morgan fingerprint density at radius 1 is 1.20 bits per heavy atom. The monoisotopic (exact) mass is 428 g/mol. The lowest BCUT2D eigenvalue weighted by molar-refractivity contribution is -0.383. The Labute approximate surface area is 178 Å². The molecule has 0 spiro atoms. The van der Waals surface area contributed by atoms with Gasteiger partial charge in [0.15, 0.2) is 0 Å². The van der Waals surface area contributed by atoms with Crippen molar-refractivity contribution in [3.8, 4) is 5.75 Å². The van der Waals surface area contributed by atoms with E-state index < -0.39 is 4.92 Å². The van der Waals surface area contributed by atoms with Crippen LogP contribution in [0.1, 0.15) is 16.1 Å². The van der Waals surface area contributed by atoms with Gasteiger partial charge >= 0.3 is 0 Å². The number of rotatable bonds is 5. The summed E-state index contributed by atoms with van der Waals surface area (Å²) in [6, 6.07) is 12.0. The van der Waals surface area contributed by atoms with Crippen molar-refractivity contribution in [2.24, 2.45) is 0 Å². The summed E-state index contributed by atoms with van der Waals surface area (Å²) >= 11 is 6.12. The lowest BCUT2D eigenvalue weighted by Gasteiger charge is -2.34. The van der Waals surface area contributed by atoms with Crippen molar-refractivity contribution in [3.63, 3.8) is 0 Å². The molecule has 2 aromatic carbocycles. The summed E-state index contributed by atoms with van der Waals surface area (Å²) in [6.45, 7) is 3.24. The minimum absolute atomic E-state index is 0.0353. The molecule has 1 aliphatic rings. The molecule has 3 aromatic rings. The fourth-order valence-corrected chi connectivity index (χ4v) is 3.99. The zero-order valence-corrected chi connectivity index (χ0v) is 17.2. The molecule has 0 saturated carbocycles. The zero-order valence-electron chi connectivity index (χ0n) is 16.4. The number of halogens is 1. The second-order valence-corrected chi connectivity index (χ2v) is 7.64. The number of piperazine rings is 1. The number of nitro benzene ring substituents is 1. The van der Waals surface area contributed by atoms with Gasteiger partial charge < -0.3 is 14.6 Å². The maximum atomic E-state index is 12.9. The molecule has 9 heteroatoms. The highest BCUT2D eigenvalue weighted by atomic mass is 35.5. The predicted octanol–water partition coefficient (Wildman–Crippen LogP) is 3.70. The molecule has 1 saturated heterocycles. The number of methoxy groups -OCH3 is 1. The van der Waals surface area contributed by atoms with E-state index in [4.69, 9.17) is 16.3 Å². The molecule has 30 heavy (non-hydrogen) atoms. The Balaban J connectivity index is 1.44. The van der Waals surface area contributed by atoms with E-state index in [0.29, 0.717) is 54.3 Å². The number of amides is 1. The first kappa shape index (κ1) is 20.2. The molecule has 1 aromatic heterocycles. The Morgan fingerprint density at radius 2 is 1.97 bits per heavy atom. The molecule has 0 aliphatic carbocycles. The molecule has 1 amide bonds. The SMILES string of the molecule is COc1ccc(Cl)cc1CN1CCN(C(=O)c2cc3cccc([N+](=O)[O-])c3[nH]2)CC1. The third-order valence-electron chi connectivity index (χ3n) is 5.36. The van der Waals surface area contributed by atoms with Crippen LogP contribution in [0.15, 0.2) is 42.5 Å². The number of para-hydroxylation sites is 1. The molecule has 1 aliphatic heterocycles. The van der Waals surface area contributed by atoms with Crippen molar-refractivity contribution in [1.29, 1.82) is 0 Å². The average molecular weight is 429 g/mol. The van der Waals surface area contributed by atoms with E-state index >= 15 is 0 Å². The molecular weight excluding hydrogens is 408 g/mol. The lowest BCUT2D eigenvalue weighted by Crippen LogP contribution is -2.48. The number of hydrogen-bond acceptors (Lipinski definition) is 5. The third kappa shape index (κ3) is 3.96. The van der Waals surface area contributed by atoms with Gasteiger partial charge in [-0.1, -0.05) is 23.7 Å². The second kappa shape index (κ2) is 8.33. The number of nitrogens with zero attached hydrogens (tertiary/aromatic N) is 3. The number of fused-ring (bicyclic) bond motifs is 1. The molecular formula is C21H21ClN4O4. The third-order valence-corrected chi connectivity index (χ3v) is 5.59. The van der Waals surface area contributed by atoms with Gasteiger partial charge in [0.2, 0.25) is 0 Å². The molecule has 8 nitrogen and oxygen atoms in total. The second-order valence-electron chi connectivity index (χ2n) is 7.21. The summed E-state index contributed by atoms with van der Waals surface area (Å²) < 4.78 is 5.41. The smallest absolute Gasteiger partial charge is 0.293 e. The summed E-state index contributed by atoms with van der Waals surface area (Å²) in [6.07, 6.45) is 0. The zero-order chi connectivity index (χ0) is 21.3. The van der Waals surface area contributed by atoms with Crippen LogP contribution in [0.2, 0.25) is 5.02 Å². The number of non-ortho nitro benzene ring substituents is 1. The quantitative estimate of drug-likeness (QED) is 0.494. The summed E-state index contributed by atoms with van der Waals surface area (Å²) in [5, 5.41) is 12.5. The molecule has 0 radical (unpaired) electrons. The number of nitrogens with one attached hydrogen (secondary N) is 1. The van der Waals surface area contributed by atoms with Gasteiger partial charge in [-0.2, -0.15) is 0 Å². The Hall–Kier alpha value is -3.10. The number of nitro groups is 1. The molecule has 1 fully saturated rings. The van der Waals surface area contributed by atoms with Crippen LogP contribution in [0.4, 0.5) is 5.69 Å². The van der Waals surface area contributed by atoms with Crippen LogP contribution in [0, 0.1) is 10.1 Å². The van der Waals surface area contributed by atoms with Gasteiger partial charge in [-0.15, -0.1) is 0 Å². The van der Waals surface area contributed by atoms with Gasteiger partial charge in [-0.05, 0) is 24.3 Å². The van der Waals surface area contributed by atoms with Crippen LogP contribution >= 0.6 is 11.6 Å². The maximum absolute atomic E-state index is 12.9. The van der Waals surface area contributed by atoms with Gasteiger partial charge in [0.25, 0.3) is 11.6 Å². The minimum Gasteiger partial charge on any atom is -0.496 e. The maximum Gasteiger partial charge on any atom is 0.293 e. The topological polar surface area (TPSA) is 91.7 Å².